The molecule has 1 aromatic heterocycles. The average molecular weight is 486 g/mol. The highest BCUT2D eigenvalue weighted by molar-refractivity contribution is 6.31. The molecule has 0 saturated carbocycles. The van der Waals surface area contributed by atoms with Gasteiger partial charge in [0.25, 0.3) is 0 Å². The summed E-state index contributed by atoms with van der Waals surface area (Å²) in [5.41, 5.74) is -1.65. The SMILES string of the molecule is CCOC(=O)C(OC(C)=O)(C(=O)OCC)c1c(C(=O)c2ccccc2C)[nH]c2cc(Cl)ccc12. The van der Waals surface area contributed by atoms with Gasteiger partial charge in [-0.25, -0.2) is 9.59 Å². The maximum Gasteiger partial charge on any atom is 0.367 e. The van der Waals surface area contributed by atoms with Gasteiger partial charge in [-0.1, -0.05) is 41.9 Å². The molecule has 0 aliphatic rings. The van der Waals surface area contributed by atoms with Crippen molar-refractivity contribution in [2.24, 2.45) is 0 Å². The number of carbonyl (C=O) groups excluding carboxylic acids is 4. The summed E-state index contributed by atoms with van der Waals surface area (Å²) in [7, 11) is 0. The van der Waals surface area contributed by atoms with Crippen molar-refractivity contribution >= 4 is 46.2 Å². The van der Waals surface area contributed by atoms with E-state index in [-0.39, 0.29) is 29.9 Å². The van der Waals surface area contributed by atoms with E-state index in [4.69, 9.17) is 25.8 Å². The molecule has 0 aliphatic heterocycles. The number of nitrogens with one attached hydrogen (secondary N) is 1. The molecule has 0 radical (unpaired) electrons. The van der Waals surface area contributed by atoms with Crippen LogP contribution in [0, 0.1) is 6.92 Å². The lowest BCUT2D eigenvalue weighted by molar-refractivity contribution is -0.197. The van der Waals surface area contributed by atoms with Gasteiger partial charge in [0.05, 0.1) is 24.5 Å². The minimum Gasteiger partial charge on any atom is -0.462 e. The summed E-state index contributed by atoms with van der Waals surface area (Å²) in [6.07, 6.45) is 0. The first-order chi connectivity index (χ1) is 16.2. The highest BCUT2D eigenvalue weighted by atomic mass is 35.5. The van der Waals surface area contributed by atoms with E-state index in [2.05, 4.69) is 4.98 Å². The van der Waals surface area contributed by atoms with E-state index >= 15 is 0 Å². The molecule has 2 aromatic carbocycles. The Balaban J connectivity index is 2.46. The van der Waals surface area contributed by atoms with E-state index in [9.17, 15) is 19.2 Å². The Morgan fingerprint density at radius 1 is 0.971 bits per heavy atom. The van der Waals surface area contributed by atoms with Crippen LogP contribution in [0.5, 0.6) is 0 Å². The lowest BCUT2D eigenvalue weighted by Gasteiger charge is -2.29. The average Bonchev–Trinajstić information content (AvgIpc) is 3.16. The van der Waals surface area contributed by atoms with Gasteiger partial charge in [-0.2, -0.15) is 0 Å². The van der Waals surface area contributed by atoms with E-state index in [0.717, 1.165) is 6.92 Å². The highest BCUT2D eigenvalue weighted by Crippen LogP contribution is 2.39. The molecule has 3 aromatic rings. The maximum absolute atomic E-state index is 13.7. The number of H-pyrrole nitrogens is 1. The molecule has 9 heteroatoms. The van der Waals surface area contributed by atoms with E-state index in [1.54, 1.807) is 31.2 Å². The Morgan fingerprint density at radius 3 is 2.15 bits per heavy atom. The summed E-state index contributed by atoms with van der Waals surface area (Å²) in [4.78, 5) is 55.6. The van der Waals surface area contributed by atoms with Gasteiger partial charge in [-0.15, -0.1) is 0 Å². The number of hydrogen-bond acceptors (Lipinski definition) is 7. The second-order valence-electron chi connectivity index (χ2n) is 7.42. The minimum atomic E-state index is -2.68. The molecule has 1 N–H and O–H groups in total. The van der Waals surface area contributed by atoms with Crippen LogP contribution >= 0.6 is 11.6 Å². The molecule has 0 aliphatic carbocycles. The molecule has 178 valence electrons. The van der Waals surface area contributed by atoms with Crippen LogP contribution in [0.2, 0.25) is 5.02 Å². The number of aromatic amines is 1. The summed E-state index contributed by atoms with van der Waals surface area (Å²) in [5, 5.41) is 0.615. The van der Waals surface area contributed by atoms with Gasteiger partial charge in [0.2, 0.25) is 5.78 Å². The summed E-state index contributed by atoms with van der Waals surface area (Å²) < 4.78 is 15.7. The van der Waals surface area contributed by atoms with Crippen molar-refractivity contribution in [1.82, 2.24) is 4.98 Å². The number of ketones is 1. The molecule has 3 rings (SSSR count). The lowest BCUT2D eigenvalue weighted by atomic mass is 9.87. The van der Waals surface area contributed by atoms with Crippen LogP contribution in [0.1, 0.15) is 48.0 Å². The topological polar surface area (TPSA) is 112 Å². The van der Waals surface area contributed by atoms with E-state index in [1.165, 1.54) is 32.0 Å². The quantitative estimate of drug-likeness (QED) is 0.220. The monoisotopic (exact) mass is 485 g/mol. The third-order valence-corrected chi connectivity index (χ3v) is 5.39. The Morgan fingerprint density at radius 2 is 1.59 bits per heavy atom. The molecule has 0 fully saturated rings. The number of carbonyl (C=O) groups is 4. The lowest BCUT2D eigenvalue weighted by Crippen LogP contribution is -2.50. The number of hydrogen-bond donors (Lipinski definition) is 1. The standard InChI is InChI=1S/C25H24ClNO7/c1-5-32-23(30)25(34-15(4)28,24(31)33-6-2)20-18-12-11-16(26)13-19(18)27-21(20)22(29)17-10-8-7-9-14(17)3/h7-13,27H,5-6H2,1-4H3. The van der Waals surface area contributed by atoms with Gasteiger partial charge >= 0.3 is 23.5 Å². The van der Waals surface area contributed by atoms with Crippen LogP contribution in [-0.4, -0.2) is 41.9 Å². The maximum atomic E-state index is 13.7. The van der Waals surface area contributed by atoms with Gasteiger partial charge in [0.15, 0.2) is 0 Å². The minimum absolute atomic E-state index is 0.115. The molecule has 0 saturated heterocycles. The number of aromatic nitrogens is 1. The van der Waals surface area contributed by atoms with Crippen LogP contribution in [0.3, 0.4) is 0 Å². The van der Waals surface area contributed by atoms with Gasteiger partial charge in [-0.3, -0.25) is 9.59 Å². The predicted octanol–water partition coefficient (Wildman–Crippen LogP) is 4.25. The third-order valence-electron chi connectivity index (χ3n) is 5.15. The van der Waals surface area contributed by atoms with E-state index in [1.807, 2.05) is 0 Å². The van der Waals surface area contributed by atoms with E-state index in [0.29, 0.717) is 21.7 Å². The summed E-state index contributed by atoms with van der Waals surface area (Å²) >= 11 is 6.15. The van der Waals surface area contributed by atoms with Crippen molar-refractivity contribution in [1.29, 1.82) is 0 Å². The Bertz CT molecular complexity index is 1260. The van der Waals surface area contributed by atoms with Crippen molar-refractivity contribution in [2.75, 3.05) is 13.2 Å². The number of fused-ring (bicyclic) bond motifs is 1. The Hall–Kier alpha value is -3.65. The first kappa shape index (κ1) is 25.0. The predicted molar refractivity (Wildman–Crippen MR) is 125 cm³/mol. The molecule has 0 unspecified atom stereocenters. The fourth-order valence-corrected chi connectivity index (χ4v) is 3.94. The number of aryl methyl sites for hydroxylation is 1. The first-order valence-electron chi connectivity index (χ1n) is 10.6. The van der Waals surface area contributed by atoms with Gasteiger partial charge < -0.3 is 19.2 Å². The number of esters is 3. The number of rotatable bonds is 8. The van der Waals surface area contributed by atoms with E-state index < -0.39 is 29.3 Å². The molecular weight excluding hydrogens is 462 g/mol. The zero-order valence-electron chi connectivity index (χ0n) is 19.2. The molecule has 0 atom stereocenters. The van der Waals surface area contributed by atoms with Crippen LogP contribution in [0.4, 0.5) is 0 Å². The summed E-state index contributed by atoms with van der Waals surface area (Å²) in [5.74, 6) is -3.83. The molecule has 34 heavy (non-hydrogen) atoms. The molecule has 0 spiro atoms. The Kier molecular flexibility index (Phi) is 7.41. The van der Waals surface area contributed by atoms with Crippen molar-refractivity contribution < 1.29 is 33.4 Å². The molecule has 0 bridgehead atoms. The largest absolute Gasteiger partial charge is 0.462 e. The van der Waals surface area contributed by atoms with Gasteiger partial charge in [0, 0.05) is 28.4 Å². The van der Waals surface area contributed by atoms with Gasteiger partial charge in [0.1, 0.15) is 0 Å². The first-order valence-corrected chi connectivity index (χ1v) is 11.0. The normalized spacial score (nSPS) is 11.2. The molecule has 1 heterocycles. The fraction of sp³-hybridized carbons (Fsp3) is 0.280. The van der Waals surface area contributed by atoms with Crippen molar-refractivity contribution in [3.05, 3.63) is 69.9 Å². The zero-order chi connectivity index (χ0) is 25.0. The highest BCUT2D eigenvalue weighted by Gasteiger charge is 2.58. The number of benzene rings is 2. The molecular formula is C25H24ClNO7. The summed E-state index contributed by atoms with van der Waals surface area (Å²) in [6, 6.07) is 11.4. The van der Waals surface area contributed by atoms with Crippen LogP contribution in [0.25, 0.3) is 10.9 Å². The Labute approximate surface area is 201 Å². The van der Waals surface area contributed by atoms with Crippen molar-refractivity contribution in [2.45, 2.75) is 33.3 Å². The zero-order valence-corrected chi connectivity index (χ0v) is 19.9. The molecule has 0 amide bonds. The van der Waals surface area contributed by atoms with Crippen molar-refractivity contribution in [3.8, 4) is 0 Å². The second-order valence-corrected chi connectivity index (χ2v) is 7.86. The smallest absolute Gasteiger partial charge is 0.367 e. The molecule has 8 nitrogen and oxygen atoms in total. The fourth-order valence-electron chi connectivity index (χ4n) is 3.77. The van der Waals surface area contributed by atoms with Crippen LogP contribution in [0.15, 0.2) is 42.5 Å². The third kappa shape index (κ3) is 4.41. The van der Waals surface area contributed by atoms with Crippen molar-refractivity contribution in [3.63, 3.8) is 0 Å². The number of halogens is 1. The van der Waals surface area contributed by atoms with Gasteiger partial charge in [-0.05, 0) is 38.5 Å². The summed E-state index contributed by atoms with van der Waals surface area (Å²) in [6.45, 7) is 5.64. The number of ether oxygens (including phenoxy) is 3. The van der Waals surface area contributed by atoms with Crippen LogP contribution < -0.4 is 0 Å². The van der Waals surface area contributed by atoms with Crippen LogP contribution in [-0.2, 0) is 34.2 Å². The second kappa shape index (κ2) is 10.1.